The fraction of sp³-hybridized carbons (Fsp3) is 0.545. The molecule has 0 N–H and O–H groups in total. The van der Waals surface area contributed by atoms with Gasteiger partial charge in [0.1, 0.15) is 5.01 Å². The van der Waals surface area contributed by atoms with Gasteiger partial charge in [-0.05, 0) is 31.0 Å². The molecular weight excluding hydrogens is 430 g/mol. The molecule has 10 heteroatoms. The zero-order valence-corrected chi connectivity index (χ0v) is 19.6. The first-order valence-corrected chi connectivity index (χ1v) is 11.6. The fourth-order valence-corrected chi connectivity index (χ4v) is 4.98. The molecule has 2 aromatic rings. The average molecular weight is 460 g/mol. The summed E-state index contributed by atoms with van der Waals surface area (Å²) in [5.41, 5.74) is 1.06. The summed E-state index contributed by atoms with van der Waals surface area (Å²) >= 11 is 1.57. The van der Waals surface area contributed by atoms with Crippen LogP contribution in [0.15, 0.2) is 18.2 Å². The number of hydrogen-bond donors (Lipinski definition) is 0. The summed E-state index contributed by atoms with van der Waals surface area (Å²) in [5.74, 6) is 1.23. The quantitative estimate of drug-likeness (QED) is 0.621. The Hall–Kier alpha value is -2.88. The zero-order valence-electron chi connectivity index (χ0n) is 18.7. The van der Waals surface area contributed by atoms with Crippen LogP contribution in [0.25, 0.3) is 0 Å². The molecule has 1 aromatic carbocycles. The van der Waals surface area contributed by atoms with E-state index in [0.717, 1.165) is 28.8 Å². The number of anilines is 1. The number of carbonyl (C=O) groups is 2. The lowest BCUT2D eigenvalue weighted by atomic mass is 10.1. The monoisotopic (exact) mass is 459 g/mol. The predicted octanol–water partition coefficient (Wildman–Crippen LogP) is 1.60. The molecule has 3 heterocycles. The average Bonchev–Trinajstić information content (AvgIpc) is 3.42. The topological polar surface area (TPSA) is 88.1 Å². The van der Waals surface area contributed by atoms with Gasteiger partial charge in [-0.2, -0.15) is 0 Å². The smallest absolute Gasteiger partial charge is 0.228 e. The molecule has 2 fully saturated rings. The normalized spacial score (nSPS) is 18.9. The predicted molar refractivity (Wildman–Crippen MR) is 121 cm³/mol. The molecule has 0 bridgehead atoms. The van der Waals surface area contributed by atoms with Crippen molar-refractivity contribution in [3.05, 3.63) is 28.8 Å². The highest BCUT2D eigenvalue weighted by atomic mass is 32.1. The number of hydrogen-bond acceptors (Lipinski definition) is 8. The second-order valence-corrected chi connectivity index (χ2v) is 9.26. The lowest BCUT2D eigenvalue weighted by molar-refractivity contribution is -0.136. The number of likely N-dealkylation sites (tertiary alicyclic amines) is 1. The molecule has 0 aliphatic carbocycles. The maximum atomic E-state index is 13.0. The number of piperazine rings is 1. The first-order chi connectivity index (χ1) is 15.5. The van der Waals surface area contributed by atoms with Crippen molar-refractivity contribution in [2.75, 3.05) is 58.4 Å². The number of benzene rings is 1. The molecule has 2 aliphatic rings. The first kappa shape index (κ1) is 22.3. The third-order valence-electron chi connectivity index (χ3n) is 6.06. The summed E-state index contributed by atoms with van der Waals surface area (Å²) in [6.45, 7) is 5.79. The highest BCUT2D eigenvalue weighted by molar-refractivity contribution is 7.15. The van der Waals surface area contributed by atoms with Crippen LogP contribution in [0, 0.1) is 12.8 Å². The maximum Gasteiger partial charge on any atom is 0.228 e. The van der Waals surface area contributed by atoms with Crippen molar-refractivity contribution in [1.29, 1.82) is 0 Å². The molecule has 9 nitrogen and oxygen atoms in total. The van der Waals surface area contributed by atoms with Crippen LogP contribution in [0.1, 0.15) is 17.0 Å². The second-order valence-electron chi connectivity index (χ2n) is 8.10. The molecule has 1 atom stereocenters. The number of amides is 2. The molecule has 2 saturated heterocycles. The van der Waals surface area contributed by atoms with E-state index in [1.807, 2.05) is 30.0 Å². The Morgan fingerprint density at radius 3 is 2.53 bits per heavy atom. The fourth-order valence-electron chi connectivity index (χ4n) is 4.24. The maximum absolute atomic E-state index is 13.0. The van der Waals surface area contributed by atoms with Crippen molar-refractivity contribution in [1.82, 2.24) is 20.0 Å². The highest BCUT2D eigenvalue weighted by Gasteiger charge is 2.37. The van der Waals surface area contributed by atoms with Gasteiger partial charge in [-0.3, -0.25) is 9.59 Å². The van der Waals surface area contributed by atoms with Crippen molar-refractivity contribution in [3.8, 4) is 11.5 Å². The van der Waals surface area contributed by atoms with Gasteiger partial charge in [0.2, 0.25) is 16.9 Å². The number of aryl methyl sites for hydroxylation is 1. The third-order valence-corrected chi connectivity index (χ3v) is 6.96. The van der Waals surface area contributed by atoms with E-state index in [4.69, 9.17) is 9.47 Å². The minimum absolute atomic E-state index is 0.0480. The molecule has 1 unspecified atom stereocenters. The second kappa shape index (κ2) is 9.72. The number of methoxy groups -OCH3 is 2. The van der Waals surface area contributed by atoms with Gasteiger partial charge in [0.05, 0.1) is 20.1 Å². The molecule has 4 rings (SSSR count). The van der Waals surface area contributed by atoms with Crippen LogP contribution in [0.4, 0.5) is 5.13 Å². The number of nitrogens with zero attached hydrogens (tertiary/aromatic N) is 5. The van der Waals surface area contributed by atoms with Gasteiger partial charge in [-0.15, -0.1) is 10.2 Å². The Labute approximate surface area is 191 Å². The van der Waals surface area contributed by atoms with E-state index in [1.54, 1.807) is 30.5 Å². The van der Waals surface area contributed by atoms with Crippen LogP contribution in [0.5, 0.6) is 11.5 Å². The number of carbonyl (C=O) groups excluding carboxylic acids is 2. The van der Waals surface area contributed by atoms with Crippen molar-refractivity contribution in [3.63, 3.8) is 0 Å². The van der Waals surface area contributed by atoms with Crippen molar-refractivity contribution >= 4 is 28.3 Å². The molecule has 0 saturated carbocycles. The van der Waals surface area contributed by atoms with Gasteiger partial charge < -0.3 is 24.2 Å². The van der Waals surface area contributed by atoms with Crippen LogP contribution in [-0.4, -0.2) is 85.3 Å². The van der Waals surface area contributed by atoms with E-state index in [9.17, 15) is 9.59 Å². The largest absolute Gasteiger partial charge is 0.493 e. The molecule has 2 amide bonds. The Kier molecular flexibility index (Phi) is 6.78. The Balaban J connectivity index is 1.28. The molecule has 32 heavy (non-hydrogen) atoms. The van der Waals surface area contributed by atoms with Gasteiger partial charge in [0.25, 0.3) is 0 Å². The van der Waals surface area contributed by atoms with Crippen LogP contribution in [-0.2, 0) is 16.0 Å². The van der Waals surface area contributed by atoms with E-state index in [-0.39, 0.29) is 17.7 Å². The van der Waals surface area contributed by atoms with Crippen molar-refractivity contribution in [2.45, 2.75) is 19.8 Å². The van der Waals surface area contributed by atoms with Gasteiger partial charge in [0, 0.05) is 45.7 Å². The molecule has 0 spiro atoms. The lowest BCUT2D eigenvalue weighted by Gasteiger charge is -2.35. The number of rotatable bonds is 7. The summed E-state index contributed by atoms with van der Waals surface area (Å²) in [6.07, 6.45) is 0.994. The summed E-state index contributed by atoms with van der Waals surface area (Å²) in [6, 6.07) is 5.78. The van der Waals surface area contributed by atoms with E-state index in [1.165, 1.54) is 0 Å². The third kappa shape index (κ3) is 4.79. The highest BCUT2D eigenvalue weighted by Crippen LogP contribution is 2.28. The summed E-state index contributed by atoms with van der Waals surface area (Å²) < 4.78 is 10.6. The first-order valence-electron chi connectivity index (χ1n) is 10.8. The summed E-state index contributed by atoms with van der Waals surface area (Å²) in [5, 5.41) is 10.1. The van der Waals surface area contributed by atoms with E-state index in [2.05, 4.69) is 15.1 Å². The summed E-state index contributed by atoms with van der Waals surface area (Å²) in [4.78, 5) is 31.4. The van der Waals surface area contributed by atoms with Crippen LogP contribution in [0.3, 0.4) is 0 Å². The van der Waals surface area contributed by atoms with Crippen molar-refractivity contribution in [2.24, 2.45) is 5.92 Å². The standard InChI is InChI=1S/C22H29N5O4S/c1-15-23-24-22(32-15)26-10-8-25(9-11-26)21(29)17-13-20(28)27(14-17)7-6-16-4-5-18(30-2)19(12-16)31-3/h4-5,12,17H,6-11,13-14H2,1-3H3. The number of aromatic nitrogens is 2. The van der Waals surface area contributed by atoms with E-state index in [0.29, 0.717) is 50.5 Å². The van der Waals surface area contributed by atoms with Crippen molar-refractivity contribution < 1.29 is 19.1 Å². The molecule has 1 aromatic heterocycles. The Morgan fingerprint density at radius 1 is 1.12 bits per heavy atom. The number of ether oxygens (including phenoxy) is 2. The van der Waals surface area contributed by atoms with Gasteiger partial charge in [-0.1, -0.05) is 17.4 Å². The minimum Gasteiger partial charge on any atom is -0.493 e. The Morgan fingerprint density at radius 2 is 1.88 bits per heavy atom. The SMILES string of the molecule is COc1ccc(CCN2CC(C(=O)N3CCN(c4nnc(C)s4)CC3)CC2=O)cc1OC. The van der Waals surface area contributed by atoms with Crippen LogP contribution in [0.2, 0.25) is 0 Å². The molecular formula is C22H29N5O4S. The zero-order chi connectivity index (χ0) is 22.7. The van der Waals surface area contributed by atoms with Crippen LogP contribution < -0.4 is 14.4 Å². The Bertz CT molecular complexity index is 973. The lowest BCUT2D eigenvalue weighted by Crippen LogP contribution is -2.50. The van der Waals surface area contributed by atoms with Gasteiger partial charge in [0.15, 0.2) is 11.5 Å². The van der Waals surface area contributed by atoms with Gasteiger partial charge in [-0.25, -0.2) is 0 Å². The summed E-state index contributed by atoms with van der Waals surface area (Å²) in [7, 11) is 3.21. The van der Waals surface area contributed by atoms with Gasteiger partial charge >= 0.3 is 0 Å². The van der Waals surface area contributed by atoms with E-state index < -0.39 is 0 Å². The molecule has 0 radical (unpaired) electrons. The van der Waals surface area contributed by atoms with E-state index >= 15 is 0 Å². The molecule has 172 valence electrons. The minimum atomic E-state index is -0.261. The van der Waals surface area contributed by atoms with Crippen LogP contribution >= 0.6 is 11.3 Å². The molecule has 2 aliphatic heterocycles.